The van der Waals surface area contributed by atoms with E-state index in [9.17, 15) is 0 Å². The molecule has 0 aromatic rings. The zero-order valence-corrected chi connectivity index (χ0v) is 9.30. The molecular weight excluding hydrogens is 174 g/mol. The summed E-state index contributed by atoms with van der Waals surface area (Å²) in [6, 6.07) is 0. The SMILES string of the molecule is CC1CCCC2(CCC(CCN)O2)C1. The quantitative estimate of drug-likeness (QED) is 0.738. The first-order valence-electron chi connectivity index (χ1n) is 6.12. The molecule has 0 bridgehead atoms. The largest absolute Gasteiger partial charge is 0.372 e. The van der Waals surface area contributed by atoms with Crippen LogP contribution in [-0.2, 0) is 4.74 Å². The van der Waals surface area contributed by atoms with E-state index in [4.69, 9.17) is 10.5 Å². The highest BCUT2D eigenvalue weighted by Crippen LogP contribution is 2.44. The fourth-order valence-electron chi connectivity index (χ4n) is 3.23. The molecule has 2 N–H and O–H groups in total. The molecule has 2 rings (SSSR count). The Balaban J connectivity index is 1.91. The number of rotatable bonds is 2. The predicted octanol–water partition coefficient (Wildman–Crippen LogP) is 2.46. The van der Waals surface area contributed by atoms with Crippen LogP contribution in [0.3, 0.4) is 0 Å². The Morgan fingerprint density at radius 2 is 2.21 bits per heavy atom. The van der Waals surface area contributed by atoms with Gasteiger partial charge in [-0.3, -0.25) is 0 Å². The van der Waals surface area contributed by atoms with Crippen molar-refractivity contribution >= 4 is 0 Å². The zero-order valence-electron chi connectivity index (χ0n) is 9.30. The van der Waals surface area contributed by atoms with Gasteiger partial charge in [-0.05, 0) is 44.6 Å². The van der Waals surface area contributed by atoms with Gasteiger partial charge in [-0.25, -0.2) is 0 Å². The van der Waals surface area contributed by atoms with Gasteiger partial charge in [0.05, 0.1) is 11.7 Å². The lowest BCUT2D eigenvalue weighted by Gasteiger charge is -2.36. The van der Waals surface area contributed by atoms with Crippen LogP contribution in [-0.4, -0.2) is 18.2 Å². The van der Waals surface area contributed by atoms with E-state index in [1.54, 1.807) is 0 Å². The average molecular weight is 197 g/mol. The van der Waals surface area contributed by atoms with E-state index in [1.807, 2.05) is 0 Å². The highest BCUT2D eigenvalue weighted by molar-refractivity contribution is 4.92. The van der Waals surface area contributed by atoms with Gasteiger partial charge in [0.15, 0.2) is 0 Å². The van der Waals surface area contributed by atoms with E-state index in [0.717, 1.165) is 18.9 Å². The van der Waals surface area contributed by atoms with Crippen LogP contribution in [0.2, 0.25) is 0 Å². The molecule has 0 aromatic heterocycles. The molecule has 3 atom stereocenters. The van der Waals surface area contributed by atoms with Crippen LogP contribution in [0.5, 0.6) is 0 Å². The second kappa shape index (κ2) is 4.19. The summed E-state index contributed by atoms with van der Waals surface area (Å²) in [6.45, 7) is 3.14. The third kappa shape index (κ3) is 2.12. The molecule has 1 heterocycles. The number of hydrogen-bond donors (Lipinski definition) is 1. The van der Waals surface area contributed by atoms with Gasteiger partial charge in [0, 0.05) is 0 Å². The molecule has 3 unspecified atom stereocenters. The molecule has 82 valence electrons. The maximum atomic E-state index is 6.22. The van der Waals surface area contributed by atoms with Crippen LogP contribution in [0, 0.1) is 5.92 Å². The van der Waals surface area contributed by atoms with Gasteiger partial charge in [0.25, 0.3) is 0 Å². The Labute approximate surface area is 87.2 Å². The summed E-state index contributed by atoms with van der Waals surface area (Å²) >= 11 is 0. The summed E-state index contributed by atoms with van der Waals surface area (Å²) in [7, 11) is 0. The van der Waals surface area contributed by atoms with Gasteiger partial charge in [-0.1, -0.05) is 19.8 Å². The molecule has 2 fully saturated rings. The lowest BCUT2D eigenvalue weighted by Crippen LogP contribution is -2.35. The molecule has 0 radical (unpaired) electrons. The lowest BCUT2D eigenvalue weighted by molar-refractivity contribution is -0.0750. The molecule has 2 aliphatic rings. The monoisotopic (exact) mass is 197 g/mol. The molecule has 2 nitrogen and oxygen atoms in total. The minimum atomic E-state index is 0.261. The van der Waals surface area contributed by atoms with E-state index >= 15 is 0 Å². The molecule has 2 heteroatoms. The summed E-state index contributed by atoms with van der Waals surface area (Å²) in [5.74, 6) is 0.861. The zero-order chi connectivity index (χ0) is 10.0. The first kappa shape index (κ1) is 10.4. The Kier molecular flexibility index (Phi) is 3.13. The van der Waals surface area contributed by atoms with Crippen molar-refractivity contribution in [1.82, 2.24) is 0 Å². The van der Waals surface area contributed by atoms with Gasteiger partial charge in [0.1, 0.15) is 0 Å². The first-order valence-corrected chi connectivity index (χ1v) is 6.12. The minimum Gasteiger partial charge on any atom is -0.372 e. The van der Waals surface area contributed by atoms with Crippen molar-refractivity contribution in [2.24, 2.45) is 11.7 Å². The van der Waals surface area contributed by atoms with Gasteiger partial charge in [-0.2, -0.15) is 0 Å². The van der Waals surface area contributed by atoms with Gasteiger partial charge in [-0.15, -0.1) is 0 Å². The van der Waals surface area contributed by atoms with Gasteiger partial charge < -0.3 is 10.5 Å². The van der Waals surface area contributed by atoms with E-state index in [0.29, 0.717) is 6.10 Å². The topological polar surface area (TPSA) is 35.2 Å². The van der Waals surface area contributed by atoms with Crippen molar-refractivity contribution in [3.05, 3.63) is 0 Å². The average Bonchev–Trinajstić information content (AvgIpc) is 2.49. The van der Waals surface area contributed by atoms with Crippen LogP contribution in [0.1, 0.15) is 51.9 Å². The molecule has 14 heavy (non-hydrogen) atoms. The number of ether oxygens (including phenoxy) is 1. The maximum absolute atomic E-state index is 6.22. The summed E-state index contributed by atoms with van der Waals surface area (Å²) < 4.78 is 6.22. The van der Waals surface area contributed by atoms with Crippen molar-refractivity contribution < 1.29 is 4.74 Å². The van der Waals surface area contributed by atoms with Crippen molar-refractivity contribution in [1.29, 1.82) is 0 Å². The summed E-state index contributed by atoms with van der Waals surface area (Å²) in [5.41, 5.74) is 5.84. The number of hydrogen-bond acceptors (Lipinski definition) is 2. The van der Waals surface area contributed by atoms with E-state index < -0.39 is 0 Å². The third-order valence-electron chi connectivity index (χ3n) is 3.88. The summed E-state index contributed by atoms with van der Waals surface area (Å²) in [6.07, 6.45) is 9.36. The molecule has 0 aromatic carbocycles. The predicted molar refractivity (Wildman–Crippen MR) is 58.1 cm³/mol. The maximum Gasteiger partial charge on any atom is 0.0689 e. The molecule has 1 aliphatic carbocycles. The first-order chi connectivity index (χ1) is 6.74. The Bertz CT molecular complexity index is 195. The van der Waals surface area contributed by atoms with Crippen molar-refractivity contribution in [2.75, 3.05) is 6.54 Å². The molecule has 1 saturated heterocycles. The van der Waals surface area contributed by atoms with Crippen molar-refractivity contribution in [2.45, 2.75) is 63.6 Å². The second-order valence-corrected chi connectivity index (χ2v) is 5.24. The van der Waals surface area contributed by atoms with Crippen LogP contribution >= 0.6 is 0 Å². The summed E-state index contributed by atoms with van der Waals surface area (Å²) in [4.78, 5) is 0. The fraction of sp³-hybridized carbons (Fsp3) is 1.00. The van der Waals surface area contributed by atoms with E-state index in [-0.39, 0.29) is 5.60 Å². The molecule has 1 saturated carbocycles. The standard InChI is InChI=1S/C12H23NO/c1-10-3-2-6-12(9-10)7-4-11(14-12)5-8-13/h10-11H,2-9,13H2,1H3. The van der Waals surface area contributed by atoms with Crippen LogP contribution in [0.25, 0.3) is 0 Å². The lowest BCUT2D eigenvalue weighted by atomic mass is 9.77. The molecular formula is C12H23NO. The Morgan fingerprint density at radius 3 is 2.93 bits per heavy atom. The van der Waals surface area contributed by atoms with Crippen molar-refractivity contribution in [3.63, 3.8) is 0 Å². The molecule has 0 amide bonds. The number of nitrogens with two attached hydrogens (primary N) is 1. The minimum absolute atomic E-state index is 0.261. The van der Waals surface area contributed by atoms with Crippen LogP contribution in [0.15, 0.2) is 0 Å². The normalized spacial score (nSPS) is 43.3. The van der Waals surface area contributed by atoms with E-state index in [2.05, 4.69) is 6.92 Å². The van der Waals surface area contributed by atoms with Crippen LogP contribution in [0.4, 0.5) is 0 Å². The third-order valence-corrected chi connectivity index (χ3v) is 3.88. The smallest absolute Gasteiger partial charge is 0.0689 e. The molecule has 1 spiro atoms. The van der Waals surface area contributed by atoms with Crippen LogP contribution < -0.4 is 5.73 Å². The van der Waals surface area contributed by atoms with E-state index in [1.165, 1.54) is 38.5 Å². The summed E-state index contributed by atoms with van der Waals surface area (Å²) in [5, 5.41) is 0. The molecule has 1 aliphatic heterocycles. The fourth-order valence-corrected chi connectivity index (χ4v) is 3.23. The Hall–Kier alpha value is -0.0800. The Morgan fingerprint density at radius 1 is 1.36 bits per heavy atom. The highest BCUT2D eigenvalue weighted by Gasteiger charge is 2.42. The van der Waals surface area contributed by atoms with Gasteiger partial charge in [0.2, 0.25) is 0 Å². The highest BCUT2D eigenvalue weighted by atomic mass is 16.5. The van der Waals surface area contributed by atoms with Gasteiger partial charge >= 0.3 is 0 Å². The second-order valence-electron chi connectivity index (χ2n) is 5.24. The van der Waals surface area contributed by atoms with Crippen molar-refractivity contribution in [3.8, 4) is 0 Å².